The highest BCUT2D eigenvalue weighted by molar-refractivity contribution is 6.17. The molecule has 7 N–H and O–H groups in total. The summed E-state index contributed by atoms with van der Waals surface area (Å²) < 4.78 is 0. The van der Waals surface area contributed by atoms with Gasteiger partial charge < -0.3 is 26.9 Å². The molecule has 0 saturated carbocycles. The van der Waals surface area contributed by atoms with Crippen molar-refractivity contribution in [1.82, 2.24) is 4.90 Å². The van der Waals surface area contributed by atoms with E-state index in [9.17, 15) is 14.7 Å². The van der Waals surface area contributed by atoms with E-state index in [1.54, 1.807) is 38.4 Å². The first-order valence-electron chi connectivity index (χ1n) is 8.21. The van der Waals surface area contributed by atoms with E-state index in [2.05, 4.69) is 0 Å². The minimum absolute atomic E-state index is 0.0431. The number of aliphatic hydroxyl groups excluding tert-OH is 1. The SMILES string of the molecule is CN(C)C(=O)c1ccc(C(=N)/C=C(\O)C(=N)c2ccc(C(N)=O)cc2N)cc1. The summed E-state index contributed by atoms with van der Waals surface area (Å²) in [7, 11) is 3.29. The zero-order valence-electron chi connectivity index (χ0n) is 15.5. The normalized spacial score (nSPS) is 11.0. The molecule has 0 aliphatic rings. The molecule has 0 aliphatic carbocycles. The molecule has 0 radical (unpaired) electrons. The van der Waals surface area contributed by atoms with Gasteiger partial charge in [-0.25, -0.2) is 0 Å². The first-order valence-corrected chi connectivity index (χ1v) is 8.21. The number of nitrogens with two attached hydrogens (primary N) is 2. The molecule has 0 saturated heterocycles. The first kappa shape index (κ1) is 20.4. The Labute approximate surface area is 162 Å². The first-order chi connectivity index (χ1) is 13.1. The fourth-order valence-corrected chi connectivity index (χ4v) is 2.42. The molecule has 0 aromatic heterocycles. The summed E-state index contributed by atoms with van der Waals surface area (Å²) in [6.07, 6.45) is 1.12. The fourth-order valence-electron chi connectivity index (χ4n) is 2.42. The molecule has 28 heavy (non-hydrogen) atoms. The molecular formula is C20H21N5O3. The number of amides is 2. The highest BCUT2D eigenvalue weighted by atomic mass is 16.3. The largest absolute Gasteiger partial charge is 0.506 e. The van der Waals surface area contributed by atoms with Crippen LogP contribution in [0.25, 0.3) is 0 Å². The van der Waals surface area contributed by atoms with Gasteiger partial charge in [0.15, 0.2) is 0 Å². The summed E-state index contributed by atoms with van der Waals surface area (Å²) in [4.78, 5) is 24.5. The molecule has 0 atom stereocenters. The minimum Gasteiger partial charge on any atom is -0.506 e. The zero-order chi connectivity index (χ0) is 21.0. The molecule has 0 unspecified atom stereocenters. The molecule has 144 valence electrons. The number of nitrogens with zero attached hydrogens (tertiary/aromatic N) is 1. The van der Waals surface area contributed by atoms with Gasteiger partial charge in [-0.2, -0.15) is 0 Å². The molecule has 8 heteroatoms. The van der Waals surface area contributed by atoms with E-state index in [-0.39, 0.29) is 34.1 Å². The number of hydrogen-bond donors (Lipinski definition) is 5. The van der Waals surface area contributed by atoms with Gasteiger partial charge in [-0.3, -0.25) is 15.0 Å². The molecule has 0 spiro atoms. The molecule has 0 bridgehead atoms. The fraction of sp³-hybridized carbons (Fsp3) is 0.100. The number of anilines is 1. The number of nitrogens with one attached hydrogen (secondary N) is 2. The van der Waals surface area contributed by atoms with Crippen LogP contribution in [0.1, 0.15) is 31.8 Å². The summed E-state index contributed by atoms with van der Waals surface area (Å²) in [5.41, 5.74) is 12.1. The third kappa shape index (κ3) is 4.42. The average molecular weight is 379 g/mol. The molecule has 0 aliphatic heterocycles. The van der Waals surface area contributed by atoms with Gasteiger partial charge in [0.25, 0.3) is 5.91 Å². The lowest BCUT2D eigenvalue weighted by Gasteiger charge is -2.11. The second kappa shape index (κ2) is 8.17. The Morgan fingerprint density at radius 1 is 1.00 bits per heavy atom. The maximum absolute atomic E-state index is 11.9. The van der Waals surface area contributed by atoms with Gasteiger partial charge >= 0.3 is 0 Å². The number of allylic oxidation sites excluding steroid dienone is 2. The third-order valence-electron chi connectivity index (χ3n) is 3.99. The lowest BCUT2D eigenvalue weighted by atomic mass is 10.0. The van der Waals surface area contributed by atoms with Crippen molar-refractivity contribution in [2.45, 2.75) is 0 Å². The zero-order valence-corrected chi connectivity index (χ0v) is 15.5. The van der Waals surface area contributed by atoms with Crippen LogP contribution in [0.5, 0.6) is 0 Å². The number of nitrogen functional groups attached to an aromatic ring is 1. The lowest BCUT2D eigenvalue weighted by Crippen LogP contribution is -2.21. The number of primary amides is 1. The van der Waals surface area contributed by atoms with Crippen LogP contribution >= 0.6 is 0 Å². The highest BCUT2D eigenvalue weighted by Crippen LogP contribution is 2.18. The molecule has 0 fully saturated rings. The number of rotatable bonds is 6. The van der Waals surface area contributed by atoms with Crippen LogP contribution in [0, 0.1) is 10.8 Å². The molecular weight excluding hydrogens is 358 g/mol. The minimum atomic E-state index is -0.650. The Bertz CT molecular complexity index is 991. The van der Waals surface area contributed by atoms with Crippen LogP contribution < -0.4 is 11.5 Å². The van der Waals surface area contributed by atoms with Crippen molar-refractivity contribution < 1.29 is 14.7 Å². The van der Waals surface area contributed by atoms with Crippen molar-refractivity contribution in [2.24, 2.45) is 5.73 Å². The Hall–Kier alpha value is -3.94. The molecule has 0 heterocycles. The smallest absolute Gasteiger partial charge is 0.253 e. The van der Waals surface area contributed by atoms with Gasteiger partial charge in [0, 0.05) is 42.5 Å². The van der Waals surface area contributed by atoms with Crippen LogP contribution in [0.3, 0.4) is 0 Å². The Morgan fingerprint density at radius 3 is 2.04 bits per heavy atom. The lowest BCUT2D eigenvalue weighted by molar-refractivity contribution is 0.0827. The Kier molecular flexibility index (Phi) is 5.95. The van der Waals surface area contributed by atoms with E-state index in [0.717, 1.165) is 6.08 Å². The molecule has 2 aromatic rings. The summed E-state index contributed by atoms with van der Waals surface area (Å²) in [5.74, 6) is -1.27. The van der Waals surface area contributed by atoms with E-state index in [4.69, 9.17) is 22.3 Å². The maximum atomic E-state index is 11.9. The average Bonchev–Trinajstić information content (AvgIpc) is 2.66. The summed E-state index contributed by atoms with van der Waals surface area (Å²) >= 11 is 0. The number of carbonyl (C=O) groups excluding carboxylic acids is 2. The second-order valence-electron chi connectivity index (χ2n) is 6.26. The van der Waals surface area contributed by atoms with Gasteiger partial charge in [0.2, 0.25) is 5.91 Å². The van der Waals surface area contributed by atoms with E-state index < -0.39 is 11.7 Å². The molecule has 2 aromatic carbocycles. The maximum Gasteiger partial charge on any atom is 0.253 e. The molecule has 2 rings (SSSR count). The molecule has 8 nitrogen and oxygen atoms in total. The second-order valence-corrected chi connectivity index (χ2v) is 6.26. The van der Waals surface area contributed by atoms with E-state index in [0.29, 0.717) is 11.1 Å². The van der Waals surface area contributed by atoms with Crippen molar-refractivity contribution in [2.75, 3.05) is 19.8 Å². The third-order valence-corrected chi connectivity index (χ3v) is 3.99. The predicted octanol–water partition coefficient (Wildman–Crippen LogP) is 1.95. The number of aliphatic hydroxyl groups is 1. The monoisotopic (exact) mass is 379 g/mol. The van der Waals surface area contributed by atoms with E-state index in [1.807, 2.05) is 0 Å². The van der Waals surface area contributed by atoms with E-state index >= 15 is 0 Å². The summed E-state index contributed by atoms with van der Waals surface area (Å²) in [6, 6.07) is 10.5. The van der Waals surface area contributed by atoms with Gasteiger partial charge in [-0.15, -0.1) is 0 Å². The quantitative estimate of drug-likeness (QED) is 0.295. The Balaban J connectivity index is 2.22. The van der Waals surface area contributed by atoms with Crippen LogP contribution in [0.2, 0.25) is 0 Å². The topological polar surface area (TPSA) is 157 Å². The van der Waals surface area contributed by atoms with Crippen molar-refractivity contribution in [3.05, 3.63) is 76.6 Å². The van der Waals surface area contributed by atoms with Gasteiger partial charge in [0.05, 0.1) is 5.71 Å². The van der Waals surface area contributed by atoms with Crippen LogP contribution in [0.15, 0.2) is 54.3 Å². The van der Waals surface area contributed by atoms with Gasteiger partial charge in [-0.05, 0) is 35.9 Å². The van der Waals surface area contributed by atoms with Crippen molar-refractivity contribution in [1.29, 1.82) is 10.8 Å². The molecule has 2 amide bonds. The predicted molar refractivity (Wildman–Crippen MR) is 108 cm³/mol. The Morgan fingerprint density at radius 2 is 1.54 bits per heavy atom. The number of hydrogen-bond acceptors (Lipinski definition) is 6. The number of benzene rings is 2. The van der Waals surface area contributed by atoms with Crippen LogP contribution in [0.4, 0.5) is 5.69 Å². The van der Waals surface area contributed by atoms with Crippen molar-refractivity contribution >= 4 is 28.9 Å². The van der Waals surface area contributed by atoms with Crippen LogP contribution in [-0.4, -0.2) is 47.3 Å². The van der Waals surface area contributed by atoms with Crippen molar-refractivity contribution in [3.8, 4) is 0 Å². The van der Waals surface area contributed by atoms with Gasteiger partial charge in [0.1, 0.15) is 11.5 Å². The summed E-state index contributed by atoms with van der Waals surface area (Å²) in [6.45, 7) is 0. The van der Waals surface area contributed by atoms with Crippen LogP contribution in [-0.2, 0) is 0 Å². The van der Waals surface area contributed by atoms with E-state index in [1.165, 1.54) is 23.1 Å². The summed E-state index contributed by atoms with van der Waals surface area (Å²) in [5, 5.41) is 26.4. The number of carbonyl (C=O) groups is 2. The highest BCUT2D eigenvalue weighted by Gasteiger charge is 2.14. The standard InChI is InChI=1S/C20H21N5O3/c1-25(2)20(28)12-5-3-11(4-6-12)15(21)10-17(26)18(23)14-8-7-13(19(24)27)9-16(14)22/h3-10,21,23,26H,22H2,1-2H3,(H2,24,27)/b17-10-,21-15?,23-18?. The van der Waals surface area contributed by atoms with Gasteiger partial charge in [-0.1, -0.05) is 12.1 Å². The van der Waals surface area contributed by atoms with Crippen molar-refractivity contribution in [3.63, 3.8) is 0 Å².